The van der Waals surface area contributed by atoms with Gasteiger partial charge in [0.05, 0.1) is 5.71 Å². The molecule has 1 aromatic carbocycles. The molecule has 0 aliphatic carbocycles. The molecule has 0 saturated heterocycles. The lowest BCUT2D eigenvalue weighted by Crippen LogP contribution is -2.30. The third-order valence-electron chi connectivity index (χ3n) is 4.13. The maximum atomic E-state index is 12.6. The molecular formula is C19H20N6O3. The molecule has 2 rings (SSSR count). The van der Waals surface area contributed by atoms with Gasteiger partial charge < -0.3 is 10.4 Å². The largest absolute Gasteiger partial charge is 0.493 e. The van der Waals surface area contributed by atoms with Gasteiger partial charge in [0.1, 0.15) is 17.3 Å². The molecule has 0 fully saturated rings. The van der Waals surface area contributed by atoms with E-state index in [1.165, 1.54) is 21.0 Å². The van der Waals surface area contributed by atoms with Crippen molar-refractivity contribution < 1.29 is 9.90 Å². The molecule has 2 aromatic rings. The summed E-state index contributed by atoms with van der Waals surface area (Å²) in [5.41, 5.74) is 3.00. The van der Waals surface area contributed by atoms with Crippen LogP contribution in [0.3, 0.4) is 0 Å². The number of benzene rings is 1. The molecule has 0 saturated carbocycles. The van der Waals surface area contributed by atoms with Crippen LogP contribution in [0.15, 0.2) is 45.2 Å². The van der Waals surface area contributed by atoms with Gasteiger partial charge in [-0.15, -0.1) is 0 Å². The molecule has 0 aliphatic heterocycles. The number of carbonyl (C=O) groups excluding carboxylic acids is 1. The van der Waals surface area contributed by atoms with Gasteiger partial charge in [0.15, 0.2) is 5.71 Å². The molecule has 1 heterocycles. The monoisotopic (exact) mass is 380 g/mol. The Hall–Kier alpha value is -3.93. The first kappa shape index (κ1) is 20.4. The first-order chi connectivity index (χ1) is 13.3. The van der Waals surface area contributed by atoms with Gasteiger partial charge in [-0.2, -0.15) is 10.4 Å². The number of hydrogen-bond acceptors (Lipinski definition) is 7. The number of aliphatic imine (C=N–C) groups is 1. The average Bonchev–Trinajstić information content (AvgIpc) is 2.69. The fraction of sp³-hybridized carbons (Fsp3) is 0.211. The molecule has 0 unspecified atom stereocenters. The molecule has 0 spiro atoms. The predicted molar refractivity (Wildman–Crippen MR) is 108 cm³/mol. The maximum Gasteiger partial charge on any atom is 0.278 e. The number of nitrogens with zero attached hydrogens (tertiary/aromatic N) is 4. The number of pyridine rings is 1. The van der Waals surface area contributed by atoms with Crippen molar-refractivity contribution in [3.8, 4) is 11.9 Å². The van der Waals surface area contributed by atoms with Crippen molar-refractivity contribution in [1.29, 1.82) is 5.26 Å². The van der Waals surface area contributed by atoms with Gasteiger partial charge in [-0.25, -0.2) is 0 Å². The van der Waals surface area contributed by atoms with Gasteiger partial charge in [-0.05, 0) is 26.0 Å². The van der Waals surface area contributed by atoms with Crippen LogP contribution in [0.5, 0.6) is 5.88 Å². The van der Waals surface area contributed by atoms with Crippen LogP contribution in [-0.2, 0) is 11.8 Å². The minimum absolute atomic E-state index is 0.0224. The number of rotatable bonds is 5. The van der Waals surface area contributed by atoms with Crippen molar-refractivity contribution >= 4 is 28.7 Å². The van der Waals surface area contributed by atoms with Crippen molar-refractivity contribution in [1.82, 2.24) is 4.57 Å². The number of hydrazone groups is 1. The quantitative estimate of drug-likeness (QED) is 0.537. The minimum atomic E-state index is -0.591. The first-order valence-corrected chi connectivity index (χ1v) is 8.28. The van der Waals surface area contributed by atoms with E-state index in [0.717, 1.165) is 4.57 Å². The number of aromatic nitrogens is 1. The molecule has 1 aromatic heterocycles. The zero-order valence-electron chi connectivity index (χ0n) is 15.9. The second kappa shape index (κ2) is 8.64. The van der Waals surface area contributed by atoms with E-state index >= 15 is 0 Å². The summed E-state index contributed by atoms with van der Waals surface area (Å²) in [5.74, 6) is -0.955. The van der Waals surface area contributed by atoms with E-state index in [-0.39, 0.29) is 22.5 Å². The Labute approximate surface area is 161 Å². The molecule has 144 valence electrons. The second-order valence-corrected chi connectivity index (χ2v) is 5.88. The summed E-state index contributed by atoms with van der Waals surface area (Å²) in [4.78, 5) is 29.0. The summed E-state index contributed by atoms with van der Waals surface area (Å²) in [6, 6.07) is 10.7. The van der Waals surface area contributed by atoms with Crippen LogP contribution in [0, 0.1) is 18.3 Å². The summed E-state index contributed by atoms with van der Waals surface area (Å²) in [6.07, 6.45) is 0. The molecule has 9 heteroatoms. The van der Waals surface area contributed by atoms with Gasteiger partial charge >= 0.3 is 0 Å². The highest BCUT2D eigenvalue weighted by molar-refractivity contribution is 6.68. The number of carbonyl (C=O) groups is 1. The lowest BCUT2D eigenvalue weighted by molar-refractivity contribution is -0.110. The predicted octanol–water partition coefficient (Wildman–Crippen LogP) is 1.77. The van der Waals surface area contributed by atoms with Gasteiger partial charge in [-0.1, -0.05) is 18.2 Å². The molecule has 3 N–H and O–H groups in total. The Morgan fingerprint density at radius 3 is 2.50 bits per heavy atom. The molecule has 0 radical (unpaired) electrons. The van der Waals surface area contributed by atoms with Crippen molar-refractivity contribution in [3.05, 3.63) is 51.8 Å². The van der Waals surface area contributed by atoms with Gasteiger partial charge in [0.2, 0.25) is 5.88 Å². The average molecular weight is 380 g/mol. The van der Waals surface area contributed by atoms with Crippen molar-refractivity contribution in [2.24, 2.45) is 17.1 Å². The minimum Gasteiger partial charge on any atom is -0.493 e. The summed E-state index contributed by atoms with van der Waals surface area (Å²) in [5, 5.41) is 25.9. The molecule has 28 heavy (non-hydrogen) atoms. The van der Waals surface area contributed by atoms with E-state index in [1.54, 1.807) is 31.2 Å². The van der Waals surface area contributed by atoms with E-state index in [4.69, 9.17) is 0 Å². The van der Waals surface area contributed by atoms with Crippen LogP contribution in [0.1, 0.15) is 18.1 Å². The number of para-hydroxylation sites is 1. The molecule has 0 bridgehead atoms. The summed E-state index contributed by atoms with van der Waals surface area (Å²) in [7, 11) is 2.84. The highest BCUT2D eigenvalue weighted by Gasteiger charge is 2.19. The van der Waals surface area contributed by atoms with Gasteiger partial charge in [-0.3, -0.25) is 24.6 Å². The Kier molecular flexibility index (Phi) is 6.29. The Morgan fingerprint density at radius 2 is 1.93 bits per heavy atom. The normalized spacial score (nSPS) is 11.7. The molecule has 1 amide bonds. The molecule has 0 atom stereocenters. The van der Waals surface area contributed by atoms with Gasteiger partial charge in [0, 0.05) is 25.3 Å². The lowest BCUT2D eigenvalue weighted by atomic mass is 10.1. The summed E-state index contributed by atoms with van der Waals surface area (Å²) in [6.45, 7) is 3.11. The fourth-order valence-corrected chi connectivity index (χ4v) is 2.38. The summed E-state index contributed by atoms with van der Waals surface area (Å²) >= 11 is 0. The number of nitrogens with one attached hydrogen (secondary N) is 2. The van der Waals surface area contributed by atoms with Crippen molar-refractivity contribution in [3.63, 3.8) is 0 Å². The van der Waals surface area contributed by atoms with Crippen LogP contribution in [0.2, 0.25) is 0 Å². The summed E-state index contributed by atoms with van der Waals surface area (Å²) < 4.78 is 0.924. The second-order valence-electron chi connectivity index (χ2n) is 5.88. The first-order valence-electron chi connectivity index (χ1n) is 8.28. The molecular weight excluding hydrogens is 360 g/mol. The maximum absolute atomic E-state index is 12.6. The number of hydrogen-bond donors (Lipinski definition) is 3. The van der Waals surface area contributed by atoms with E-state index in [9.17, 15) is 20.0 Å². The number of aromatic hydroxyl groups is 1. The van der Waals surface area contributed by atoms with E-state index in [0.29, 0.717) is 11.4 Å². The number of nitriles is 1. The smallest absolute Gasteiger partial charge is 0.278 e. The third kappa shape index (κ3) is 4.07. The van der Waals surface area contributed by atoms with E-state index in [1.807, 2.05) is 12.1 Å². The fourth-order valence-electron chi connectivity index (χ4n) is 2.38. The topological polar surface area (TPSA) is 132 Å². The SMILES string of the molecule is CN=C(C)C(=NNc1c(C)c(C#N)c(O)n(C)c1=O)C(=O)Nc1ccccc1. The Balaban J connectivity index is 2.45. The van der Waals surface area contributed by atoms with Crippen LogP contribution >= 0.6 is 0 Å². The highest BCUT2D eigenvalue weighted by Crippen LogP contribution is 2.22. The number of amides is 1. The van der Waals surface area contributed by atoms with Crippen LogP contribution < -0.4 is 16.3 Å². The Morgan fingerprint density at radius 1 is 1.29 bits per heavy atom. The third-order valence-corrected chi connectivity index (χ3v) is 4.13. The van der Waals surface area contributed by atoms with Crippen LogP contribution in [0.4, 0.5) is 11.4 Å². The zero-order valence-corrected chi connectivity index (χ0v) is 15.9. The molecule has 9 nitrogen and oxygen atoms in total. The van der Waals surface area contributed by atoms with E-state index < -0.39 is 17.3 Å². The van der Waals surface area contributed by atoms with Crippen molar-refractivity contribution in [2.75, 3.05) is 17.8 Å². The van der Waals surface area contributed by atoms with Crippen LogP contribution in [-0.4, -0.2) is 34.1 Å². The molecule has 0 aliphatic rings. The zero-order chi connectivity index (χ0) is 20.8. The standard InChI is InChI=1S/C19H20N6O3/c1-11-14(10-20)18(27)25(4)19(28)15(11)23-24-16(12(2)21-3)17(26)22-13-8-6-5-7-9-13/h5-9,23,27H,1-4H3,(H,22,26). The van der Waals surface area contributed by atoms with E-state index in [2.05, 4.69) is 20.8 Å². The Bertz CT molecular complexity index is 1060. The highest BCUT2D eigenvalue weighted by atomic mass is 16.3. The number of anilines is 2. The lowest BCUT2D eigenvalue weighted by Gasteiger charge is -2.12. The van der Waals surface area contributed by atoms with Crippen LogP contribution in [0.25, 0.3) is 0 Å². The van der Waals surface area contributed by atoms with Crippen molar-refractivity contribution in [2.45, 2.75) is 13.8 Å². The van der Waals surface area contributed by atoms with Gasteiger partial charge in [0.25, 0.3) is 11.5 Å².